The molecule has 0 N–H and O–H groups in total. The topological polar surface area (TPSA) is 39.1 Å². The molecule has 1 heterocycles. The maximum atomic E-state index is 12.3. The Labute approximate surface area is 104 Å². The van der Waals surface area contributed by atoms with Crippen molar-refractivity contribution in [1.29, 1.82) is 0 Å². The summed E-state index contributed by atoms with van der Waals surface area (Å²) in [5, 5.41) is 1.47. The molecule has 3 heteroatoms. The maximum absolute atomic E-state index is 12.3. The molecule has 0 fully saturated rings. The van der Waals surface area contributed by atoms with E-state index in [0.29, 0.717) is 11.8 Å². The van der Waals surface area contributed by atoms with E-state index in [2.05, 4.69) is 6.08 Å². The van der Waals surface area contributed by atoms with Crippen LogP contribution in [0, 0.1) is 0 Å². The monoisotopic (exact) mass is 239 g/mol. The average Bonchev–Trinajstić information content (AvgIpc) is 2.51. The third-order valence-electron chi connectivity index (χ3n) is 3.49. The number of hydrogen-bond donors (Lipinski definition) is 0. The number of fused-ring (bicyclic) bond motifs is 3. The van der Waals surface area contributed by atoms with Gasteiger partial charge in [-0.05, 0) is 29.9 Å². The Morgan fingerprint density at radius 2 is 1.78 bits per heavy atom. The zero-order chi connectivity index (χ0) is 12.7. The number of benzene rings is 1. The molecular weight excluding hydrogens is 226 g/mol. The molecule has 0 spiro atoms. The highest BCUT2D eigenvalue weighted by molar-refractivity contribution is 5.90. The summed E-state index contributed by atoms with van der Waals surface area (Å²) in [4.78, 5) is 24.5. The smallest absolute Gasteiger partial charge is 0.261 e. The lowest BCUT2D eigenvalue weighted by Gasteiger charge is -2.07. The molecule has 3 rings (SSSR count). The molecule has 1 aromatic carbocycles. The van der Waals surface area contributed by atoms with E-state index in [0.717, 1.165) is 22.9 Å². The molecule has 1 aliphatic carbocycles. The zero-order valence-corrected chi connectivity index (χ0v) is 10.1. The van der Waals surface area contributed by atoms with Crippen molar-refractivity contribution in [2.45, 2.75) is 12.8 Å². The molecule has 18 heavy (non-hydrogen) atoms. The number of aromatic nitrogens is 1. The van der Waals surface area contributed by atoms with Crippen molar-refractivity contribution in [2.24, 2.45) is 7.05 Å². The van der Waals surface area contributed by atoms with Gasteiger partial charge < -0.3 is 0 Å². The largest absolute Gasteiger partial charge is 0.278 e. The van der Waals surface area contributed by atoms with Crippen molar-refractivity contribution < 1.29 is 0 Å². The van der Waals surface area contributed by atoms with Crippen LogP contribution in [0.2, 0.25) is 0 Å². The summed E-state index contributed by atoms with van der Waals surface area (Å²) in [5.74, 6) is 0. The third-order valence-corrected chi connectivity index (χ3v) is 3.49. The van der Waals surface area contributed by atoms with Crippen molar-refractivity contribution in [1.82, 2.24) is 4.57 Å². The minimum absolute atomic E-state index is 0.171. The highest BCUT2D eigenvalue weighted by Gasteiger charge is 2.14. The second-order valence-electron chi connectivity index (χ2n) is 4.55. The van der Waals surface area contributed by atoms with E-state index in [1.54, 1.807) is 13.1 Å². The van der Waals surface area contributed by atoms with E-state index in [9.17, 15) is 9.59 Å². The molecule has 3 nitrogen and oxygen atoms in total. The Hall–Kier alpha value is -2.16. The van der Waals surface area contributed by atoms with E-state index in [4.69, 9.17) is 0 Å². The standard InChI is InChI=1S/C15H13NO2/c1-16-14(17)12-8-4-2-6-10(12)11-7-3-5-9-13(11)15(16)18/h2-4,6-8H,5,9H2,1H3. The normalized spacial score (nSPS) is 13.6. The number of hydrogen-bond acceptors (Lipinski definition) is 2. The number of allylic oxidation sites excluding steroid dienone is 1. The van der Waals surface area contributed by atoms with Gasteiger partial charge in [-0.25, -0.2) is 0 Å². The molecule has 0 saturated heterocycles. The minimum atomic E-state index is -0.224. The summed E-state index contributed by atoms with van der Waals surface area (Å²) in [5.41, 5.74) is 1.26. The first-order valence-electron chi connectivity index (χ1n) is 6.01. The van der Waals surface area contributed by atoms with Crippen molar-refractivity contribution in [3.8, 4) is 0 Å². The molecule has 0 aliphatic heterocycles. The predicted octanol–water partition coefficient (Wildman–Crippen LogP) is 1.86. The van der Waals surface area contributed by atoms with Gasteiger partial charge in [0.25, 0.3) is 11.1 Å². The van der Waals surface area contributed by atoms with Gasteiger partial charge in [0.05, 0.1) is 0 Å². The summed E-state index contributed by atoms with van der Waals surface area (Å²) >= 11 is 0. The van der Waals surface area contributed by atoms with Crippen LogP contribution in [0.4, 0.5) is 0 Å². The van der Waals surface area contributed by atoms with Gasteiger partial charge in [-0.2, -0.15) is 0 Å². The molecule has 0 saturated carbocycles. The lowest BCUT2D eigenvalue weighted by Crippen LogP contribution is -2.29. The molecule has 1 aromatic heterocycles. The molecule has 1 aliphatic rings. The van der Waals surface area contributed by atoms with Crippen LogP contribution in [-0.2, 0) is 13.5 Å². The van der Waals surface area contributed by atoms with E-state index < -0.39 is 0 Å². The van der Waals surface area contributed by atoms with E-state index in [1.807, 2.05) is 24.3 Å². The highest BCUT2D eigenvalue weighted by Crippen LogP contribution is 2.22. The van der Waals surface area contributed by atoms with Crippen LogP contribution in [0.25, 0.3) is 16.8 Å². The van der Waals surface area contributed by atoms with Crippen molar-refractivity contribution >= 4 is 16.8 Å². The van der Waals surface area contributed by atoms with Crippen LogP contribution >= 0.6 is 0 Å². The summed E-state index contributed by atoms with van der Waals surface area (Å²) < 4.78 is 1.22. The third kappa shape index (κ3) is 1.44. The molecular formula is C15H13NO2. The predicted molar refractivity (Wildman–Crippen MR) is 72.8 cm³/mol. The van der Waals surface area contributed by atoms with Crippen molar-refractivity contribution in [2.75, 3.05) is 0 Å². The fraction of sp³-hybridized carbons (Fsp3) is 0.200. The Kier molecular flexibility index (Phi) is 2.40. The second-order valence-corrected chi connectivity index (χ2v) is 4.55. The van der Waals surface area contributed by atoms with Crippen LogP contribution in [0.5, 0.6) is 0 Å². The van der Waals surface area contributed by atoms with Gasteiger partial charge in [-0.15, -0.1) is 0 Å². The molecule has 0 radical (unpaired) electrons. The molecule has 90 valence electrons. The lowest BCUT2D eigenvalue weighted by atomic mass is 9.96. The van der Waals surface area contributed by atoms with Crippen LogP contribution in [-0.4, -0.2) is 4.57 Å². The average molecular weight is 239 g/mol. The Morgan fingerprint density at radius 3 is 2.56 bits per heavy atom. The summed E-state index contributed by atoms with van der Waals surface area (Å²) in [6.07, 6.45) is 5.58. The fourth-order valence-electron chi connectivity index (χ4n) is 2.52. The van der Waals surface area contributed by atoms with Crippen molar-refractivity contribution in [3.63, 3.8) is 0 Å². The molecule has 0 amide bonds. The van der Waals surface area contributed by atoms with Gasteiger partial charge in [-0.1, -0.05) is 30.4 Å². The van der Waals surface area contributed by atoms with Crippen LogP contribution in [0.1, 0.15) is 17.5 Å². The molecule has 0 atom stereocenters. The minimum Gasteiger partial charge on any atom is -0.278 e. The highest BCUT2D eigenvalue weighted by atomic mass is 16.2. The van der Waals surface area contributed by atoms with Gasteiger partial charge in [0.15, 0.2) is 0 Å². The molecule has 2 aromatic rings. The lowest BCUT2D eigenvalue weighted by molar-refractivity contribution is 0.810. The number of rotatable bonds is 0. The van der Waals surface area contributed by atoms with E-state index in [-0.39, 0.29) is 11.1 Å². The van der Waals surface area contributed by atoms with Gasteiger partial charge in [0.2, 0.25) is 0 Å². The Balaban J connectivity index is 2.70. The first-order chi connectivity index (χ1) is 8.70. The van der Waals surface area contributed by atoms with Gasteiger partial charge in [0, 0.05) is 18.0 Å². The van der Waals surface area contributed by atoms with Crippen LogP contribution in [0.15, 0.2) is 39.9 Å². The Bertz CT molecular complexity index is 785. The van der Waals surface area contributed by atoms with E-state index >= 15 is 0 Å². The quantitative estimate of drug-likeness (QED) is 0.704. The fourth-order valence-corrected chi connectivity index (χ4v) is 2.52. The van der Waals surface area contributed by atoms with Crippen LogP contribution in [0.3, 0.4) is 0 Å². The van der Waals surface area contributed by atoms with Crippen LogP contribution < -0.4 is 11.1 Å². The van der Waals surface area contributed by atoms with Gasteiger partial charge >= 0.3 is 0 Å². The first-order valence-corrected chi connectivity index (χ1v) is 6.01. The van der Waals surface area contributed by atoms with Gasteiger partial charge in [0.1, 0.15) is 0 Å². The summed E-state index contributed by atoms with van der Waals surface area (Å²) in [6, 6.07) is 7.41. The maximum Gasteiger partial charge on any atom is 0.261 e. The summed E-state index contributed by atoms with van der Waals surface area (Å²) in [7, 11) is 1.55. The zero-order valence-electron chi connectivity index (χ0n) is 10.1. The Morgan fingerprint density at radius 1 is 1.06 bits per heavy atom. The van der Waals surface area contributed by atoms with E-state index in [1.165, 1.54) is 4.57 Å². The number of nitrogens with zero attached hydrogens (tertiary/aromatic N) is 1. The first kappa shape index (κ1) is 11.0. The van der Waals surface area contributed by atoms with Gasteiger partial charge in [-0.3, -0.25) is 14.2 Å². The van der Waals surface area contributed by atoms with Crippen molar-refractivity contribution in [3.05, 3.63) is 62.2 Å². The molecule has 0 bridgehead atoms. The summed E-state index contributed by atoms with van der Waals surface area (Å²) in [6.45, 7) is 0. The molecule has 0 unspecified atom stereocenters. The SMILES string of the molecule is Cn1c(=O)c2c(c3ccccc3c1=O)C=CCC2. The second kappa shape index (κ2) is 3.95.